The minimum Gasteiger partial charge on any atom is -0.497 e. The summed E-state index contributed by atoms with van der Waals surface area (Å²) in [5.74, 6) is 0.746. The predicted molar refractivity (Wildman–Crippen MR) is 96.7 cm³/mol. The van der Waals surface area contributed by atoms with Gasteiger partial charge in [-0.2, -0.15) is 0 Å². The topological polar surface area (TPSA) is 41.6 Å². The fourth-order valence-electron chi connectivity index (χ4n) is 3.04. The third-order valence-electron chi connectivity index (χ3n) is 4.44. The molecule has 0 saturated carbocycles. The molecule has 1 N–H and O–H groups in total. The summed E-state index contributed by atoms with van der Waals surface area (Å²) in [5.41, 5.74) is 2.92. The smallest absolute Gasteiger partial charge is 0.251 e. The Labute approximate surface area is 143 Å². The highest BCUT2D eigenvalue weighted by molar-refractivity contribution is 5.94. The van der Waals surface area contributed by atoms with Crippen LogP contribution in [0, 0.1) is 0 Å². The standard InChI is InChI=1S/C20H24N2O2/c1-24-19-7-5-6-16(14-19)15-21-20(23)17-8-10-18(11-9-17)22-12-3-2-4-13-22/h5-11,14H,2-4,12-13,15H2,1H3,(H,21,23). The molecule has 2 aromatic carbocycles. The van der Waals surface area contributed by atoms with Crippen LogP contribution in [-0.4, -0.2) is 26.1 Å². The second-order valence-electron chi connectivity index (χ2n) is 6.13. The van der Waals surface area contributed by atoms with Crippen molar-refractivity contribution in [3.05, 3.63) is 59.7 Å². The molecule has 2 aromatic rings. The predicted octanol–water partition coefficient (Wildman–Crippen LogP) is 3.62. The summed E-state index contributed by atoms with van der Waals surface area (Å²) in [6.45, 7) is 2.71. The first-order chi connectivity index (χ1) is 11.8. The zero-order valence-corrected chi connectivity index (χ0v) is 14.1. The van der Waals surface area contributed by atoms with Gasteiger partial charge in [0.15, 0.2) is 0 Å². The maximum Gasteiger partial charge on any atom is 0.251 e. The lowest BCUT2D eigenvalue weighted by atomic mass is 10.1. The Balaban J connectivity index is 1.58. The molecule has 3 rings (SSSR count). The second-order valence-corrected chi connectivity index (χ2v) is 6.13. The SMILES string of the molecule is COc1cccc(CNC(=O)c2ccc(N3CCCCC3)cc2)c1. The molecule has 0 aromatic heterocycles. The number of nitrogens with one attached hydrogen (secondary N) is 1. The number of anilines is 1. The van der Waals surface area contributed by atoms with Crippen LogP contribution in [0.1, 0.15) is 35.2 Å². The van der Waals surface area contributed by atoms with Crippen LogP contribution in [0.15, 0.2) is 48.5 Å². The molecule has 24 heavy (non-hydrogen) atoms. The van der Waals surface area contributed by atoms with Gasteiger partial charge >= 0.3 is 0 Å². The van der Waals surface area contributed by atoms with E-state index in [2.05, 4.69) is 10.2 Å². The Morgan fingerprint density at radius 3 is 2.54 bits per heavy atom. The van der Waals surface area contributed by atoms with E-state index in [1.165, 1.54) is 24.9 Å². The van der Waals surface area contributed by atoms with Gasteiger partial charge in [-0.3, -0.25) is 4.79 Å². The van der Waals surface area contributed by atoms with Crippen LogP contribution in [0.25, 0.3) is 0 Å². The largest absolute Gasteiger partial charge is 0.497 e. The van der Waals surface area contributed by atoms with Crippen LogP contribution in [-0.2, 0) is 6.54 Å². The molecule has 0 radical (unpaired) electrons. The number of amides is 1. The fraction of sp³-hybridized carbons (Fsp3) is 0.350. The maximum absolute atomic E-state index is 12.3. The highest BCUT2D eigenvalue weighted by Crippen LogP contribution is 2.20. The van der Waals surface area contributed by atoms with Gasteiger partial charge in [-0.25, -0.2) is 0 Å². The number of carbonyl (C=O) groups is 1. The van der Waals surface area contributed by atoms with E-state index in [-0.39, 0.29) is 5.91 Å². The number of nitrogens with zero attached hydrogens (tertiary/aromatic N) is 1. The van der Waals surface area contributed by atoms with Crippen LogP contribution in [0.3, 0.4) is 0 Å². The van der Waals surface area contributed by atoms with E-state index in [9.17, 15) is 4.79 Å². The first-order valence-corrected chi connectivity index (χ1v) is 8.52. The number of piperidine rings is 1. The molecule has 4 nitrogen and oxygen atoms in total. The molecule has 0 bridgehead atoms. The van der Waals surface area contributed by atoms with Gasteiger partial charge in [0, 0.05) is 30.9 Å². The number of carbonyl (C=O) groups excluding carboxylic acids is 1. The van der Waals surface area contributed by atoms with Crippen molar-refractivity contribution in [1.82, 2.24) is 5.32 Å². The maximum atomic E-state index is 12.3. The Bertz CT molecular complexity index is 676. The van der Waals surface area contributed by atoms with Gasteiger partial charge in [0.1, 0.15) is 5.75 Å². The van der Waals surface area contributed by atoms with Crippen molar-refractivity contribution in [1.29, 1.82) is 0 Å². The third-order valence-corrected chi connectivity index (χ3v) is 4.44. The number of hydrogen-bond acceptors (Lipinski definition) is 3. The van der Waals surface area contributed by atoms with E-state index in [0.29, 0.717) is 12.1 Å². The zero-order chi connectivity index (χ0) is 16.8. The Morgan fingerprint density at radius 1 is 1.08 bits per heavy atom. The van der Waals surface area contributed by atoms with Crippen molar-refractivity contribution in [3.63, 3.8) is 0 Å². The van der Waals surface area contributed by atoms with Crippen molar-refractivity contribution in [2.24, 2.45) is 0 Å². The van der Waals surface area contributed by atoms with E-state index >= 15 is 0 Å². The summed E-state index contributed by atoms with van der Waals surface area (Å²) < 4.78 is 5.20. The minimum absolute atomic E-state index is 0.0528. The van der Waals surface area contributed by atoms with Gasteiger partial charge in [0.05, 0.1) is 7.11 Å². The molecule has 126 valence electrons. The summed E-state index contributed by atoms with van der Waals surface area (Å²) >= 11 is 0. The molecular formula is C20H24N2O2. The summed E-state index contributed by atoms with van der Waals surface area (Å²) in [7, 11) is 1.64. The molecule has 0 atom stereocenters. The van der Waals surface area contributed by atoms with E-state index in [1.807, 2.05) is 48.5 Å². The molecule has 1 aliphatic rings. The quantitative estimate of drug-likeness (QED) is 0.913. The Morgan fingerprint density at radius 2 is 1.83 bits per heavy atom. The van der Waals surface area contributed by atoms with Gasteiger partial charge in [0.2, 0.25) is 0 Å². The van der Waals surface area contributed by atoms with E-state index < -0.39 is 0 Å². The molecule has 1 heterocycles. The lowest BCUT2D eigenvalue weighted by molar-refractivity contribution is 0.0951. The second kappa shape index (κ2) is 7.86. The average molecular weight is 324 g/mol. The van der Waals surface area contributed by atoms with Crippen molar-refractivity contribution in [2.75, 3.05) is 25.1 Å². The Hall–Kier alpha value is -2.49. The lowest BCUT2D eigenvalue weighted by Gasteiger charge is -2.28. The summed E-state index contributed by atoms with van der Waals surface area (Å²) in [5, 5.41) is 2.96. The highest BCUT2D eigenvalue weighted by Gasteiger charge is 2.12. The van der Waals surface area contributed by atoms with Crippen LogP contribution >= 0.6 is 0 Å². The Kier molecular flexibility index (Phi) is 5.36. The van der Waals surface area contributed by atoms with Gasteiger partial charge in [-0.1, -0.05) is 12.1 Å². The van der Waals surface area contributed by atoms with Gasteiger partial charge in [-0.05, 0) is 61.2 Å². The summed E-state index contributed by atoms with van der Waals surface area (Å²) in [6.07, 6.45) is 3.83. The lowest BCUT2D eigenvalue weighted by Crippen LogP contribution is -2.29. The number of rotatable bonds is 5. The van der Waals surface area contributed by atoms with E-state index in [1.54, 1.807) is 7.11 Å². The van der Waals surface area contributed by atoms with Crippen molar-refractivity contribution < 1.29 is 9.53 Å². The van der Waals surface area contributed by atoms with Gasteiger partial charge in [0.25, 0.3) is 5.91 Å². The number of hydrogen-bond donors (Lipinski definition) is 1. The number of ether oxygens (including phenoxy) is 1. The van der Waals surface area contributed by atoms with Crippen molar-refractivity contribution >= 4 is 11.6 Å². The molecule has 0 unspecified atom stereocenters. The van der Waals surface area contributed by atoms with Crippen molar-refractivity contribution in [2.45, 2.75) is 25.8 Å². The first kappa shape index (κ1) is 16.4. The van der Waals surface area contributed by atoms with Gasteiger partial charge < -0.3 is 15.0 Å². The molecule has 0 aliphatic carbocycles. The highest BCUT2D eigenvalue weighted by atomic mass is 16.5. The molecular weight excluding hydrogens is 300 g/mol. The van der Waals surface area contributed by atoms with Crippen LogP contribution in [0.5, 0.6) is 5.75 Å². The summed E-state index contributed by atoms with van der Waals surface area (Å²) in [4.78, 5) is 14.7. The number of benzene rings is 2. The minimum atomic E-state index is -0.0528. The molecule has 4 heteroatoms. The van der Waals surface area contributed by atoms with E-state index in [4.69, 9.17) is 4.74 Å². The molecule has 1 aliphatic heterocycles. The average Bonchev–Trinajstić information content (AvgIpc) is 2.67. The summed E-state index contributed by atoms with van der Waals surface area (Å²) in [6, 6.07) is 15.6. The monoisotopic (exact) mass is 324 g/mol. The molecule has 1 amide bonds. The van der Waals surface area contributed by atoms with Crippen LogP contribution in [0.2, 0.25) is 0 Å². The molecule has 1 saturated heterocycles. The zero-order valence-electron chi connectivity index (χ0n) is 14.1. The number of methoxy groups -OCH3 is 1. The van der Waals surface area contributed by atoms with Crippen molar-refractivity contribution in [3.8, 4) is 5.75 Å². The van der Waals surface area contributed by atoms with Crippen LogP contribution in [0.4, 0.5) is 5.69 Å². The fourth-order valence-corrected chi connectivity index (χ4v) is 3.04. The third kappa shape index (κ3) is 4.07. The molecule has 0 spiro atoms. The normalized spacial score (nSPS) is 14.3. The van der Waals surface area contributed by atoms with Crippen LogP contribution < -0.4 is 15.0 Å². The first-order valence-electron chi connectivity index (χ1n) is 8.52. The van der Waals surface area contributed by atoms with E-state index in [0.717, 1.165) is 24.4 Å². The van der Waals surface area contributed by atoms with Gasteiger partial charge in [-0.15, -0.1) is 0 Å². The molecule has 1 fully saturated rings.